The van der Waals surface area contributed by atoms with E-state index in [0.29, 0.717) is 25.1 Å². The van der Waals surface area contributed by atoms with Crippen molar-refractivity contribution in [2.45, 2.75) is 6.92 Å². The van der Waals surface area contributed by atoms with E-state index in [0.717, 1.165) is 12.1 Å². The molecule has 0 bridgehead atoms. The summed E-state index contributed by atoms with van der Waals surface area (Å²) in [6.45, 7) is 3.24. The predicted octanol–water partition coefficient (Wildman–Crippen LogP) is 3.94. The molecule has 1 aliphatic heterocycles. The fourth-order valence-electron chi connectivity index (χ4n) is 2.59. The number of likely N-dealkylation sites (tertiary alicyclic amines) is 1. The Labute approximate surface area is 131 Å². The number of hydrogen-bond donors (Lipinski definition) is 1. The number of para-hydroxylation sites is 1. The third-order valence-corrected chi connectivity index (χ3v) is 3.79. The Hall–Kier alpha value is -2.50. The van der Waals surface area contributed by atoms with Crippen LogP contribution in [0, 0.1) is 23.4 Å². The fraction of sp³-hybridized carbons (Fsp3) is 0.235. The van der Waals surface area contributed by atoms with Gasteiger partial charge in [-0.3, -0.25) is 4.79 Å². The first-order valence-electron chi connectivity index (χ1n) is 7.25. The lowest BCUT2D eigenvalue weighted by Crippen LogP contribution is -2.48. The van der Waals surface area contributed by atoms with Crippen molar-refractivity contribution in [3.05, 3.63) is 59.4 Å². The number of nitrogens with zero attached hydrogens (tertiary/aromatic N) is 1. The lowest BCUT2D eigenvalue weighted by molar-refractivity contribution is 0.0531. The van der Waals surface area contributed by atoms with Crippen LogP contribution in [-0.4, -0.2) is 23.9 Å². The molecule has 1 fully saturated rings. The molecule has 1 saturated heterocycles. The van der Waals surface area contributed by atoms with Crippen molar-refractivity contribution in [2.75, 3.05) is 18.4 Å². The van der Waals surface area contributed by atoms with Gasteiger partial charge in [0.15, 0.2) is 0 Å². The molecule has 1 aliphatic rings. The Morgan fingerprint density at radius 1 is 1.13 bits per heavy atom. The maximum absolute atomic E-state index is 14.1. The third-order valence-electron chi connectivity index (χ3n) is 3.79. The van der Waals surface area contributed by atoms with E-state index in [1.165, 1.54) is 18.2 Å². The highest BCUT2D eigenvalue weighted by molar-refractivity contribution is 6.00. The molecule has 2 aromatic carbocycles. The van der Waals surface area contributed by atoms with Crippen molar-refractivity contribution in [1.82, 2.24) is 4.90 Å². The smallest absolute Gasteiger partial charge is 0.256 e. The zero-order valence-corrected chi connectivity index (χ0v) is 12.4. The number of amides is 1. The fourth-order valence-corrected chi connectivity index (χ4v) is 2.59. The minimum absolute atomic E-state index is 0.0949. The van der Waals surface area contributed by atoms with Gasteiger partial charge in [-0.1, -0.05) is 13.0 Å². The molecule has 0 aromatic heterocycles. The summed E-state index contributed by atoms with van der Waals surface area (Å²) in [4.78, 5) is 14.0. The van der Waals surface area contributed by atoms with Gasteiger partial charge < -0.3 is 10.2 Å². The van der Waals surface area contributed by atoms with Crippen LogP contribution in [0.15, 0.2) is 36.4 Å². The van der Waals surface area contributed by atoms with E-state index in [-0.39, 0.29) is 22.8 Å². The van der Waals surface area contributed by atoms with Gasteiger partial charge >= 0.3 is 0 Å². The van der Waals surface area contributed by atoms with Gasteiger partial charge in [-0.05, 0) is 30.2 Å². The number of halogens is 3. The first-order valence-corrected chi connectivity index (χ1v) is 7.25. The van der Waals surface area contributed by atoms with Crippen molar-refractivity contribution in [3.63, 3.8) is 0 Å². The van der Waals surface area contributed by atoms with Crippen LogP contribution in [0.4, 0.5) is 24.5 Å². The molecule has 1 N–H and O–H groups in total. The molecule has 0 radical (unpaired) electrons. The van der Waals surface area contributed by atoms with Crippen LogP contribution in [0.3, 0.4) is 0 Å². The van der Waals surface area contributed by atoms with Crippen LogP contribution >= 0.6 is 0 Å². The Balaban J connectivity index is 1.93. The van der Waals surface area contributed by atoms with Crippen LogP contribution in [0.2, 0.25) is 0 Å². The predicted molar refractivity (Wildman–Crippen MR) is 81.1 cm³/mol. The number of carbonyl (C=O) groups is 1. The van der Waals surface area contributed by atoms with Crippen LogP contribution in [-0.2, 0) is 0 Å². The molecule has 3 nitrogen and oxygen atoms in total. The maximum Gasteiger partial charge on any atom is 0.256 e. The Kier molecular flexibility index (Phi) is 3.98. The normalized spacial score (nSPS) is 14.5. The Morgan fingerprint density at radius 2 is 1.87 bits per heavy atom. The molecule has 3 rings (SSSR count). The molecule has 6 heteroatoms. The summed E-state index contributed by atoms with van der Waals surface area (Å²) < 4.78 is 40.9. The van der Waals surface area contributed by atoms with Crippen LogP contribution in [0.25, 0.3) is 0 Å². The average Bonchev–Trinajstić information content (AvgIpc) is 2.48. The van der Waals surface area contributed by atoms with E-state index < -0.39 is 17.5 Å². The van der Waals surface area contributed by atoms with Gasteiger partial charge in [0.2, 0.25) is 0 Å². The quantitative estimate of drug-likeness (QED) is 0.929. The zero-order chi connectivity index (χ0) is 16.6. The van der Waals surface area contributed by atoms with Crippen LogP contribution in [0.5, 0.6) is 0 Å². The summed E-state index contributed by atoms with van der Waals surface area (Å²) in [5, 5.41) is 2.57. The minimum Gasteiger partial charge on any atom is -0.350 e. The summed E-state index contributed by atoms with van der Waals surface area (Å²) in [6, 6.07) is 7.01. The number of hydrogen-bond acceptors (Lipinski definition) is 2. The van der Waals surface area contributed by atoms with E-state index in [1.807, 2.05) is 6.92 Å². The topological polar surface area (TPSA) is 32.3 Å². The molecule has 2 aromatic rings. The standard InChI is InChI=1S/C17H15F3N2O/c1-10-8-22(9-10)17(23)12-3-2-4-13(19)16(12)21-15-6-5-11(18)7-14(15)20/h2-7,10,21H,8-9H2,1H3. The lowest BCUT2D eigenvalue weighted by Gasteiger charge is -2.37. The summed E-state index contributed by atoms with van der Waals surface area (Å²) in [5.41, 5.74) is -0.0780. The molecule has 23 heavy (non-hydrogen) atoms. The van der Waals surface area contributed by atoms with Crippen molar-refractivity contribution >= 4 is 17.3 Å². The molecular formula is C17H15F3N2O. The van der Waals surface area contributed by atoms with Crippen LogP contribution < -0.4 is 5.32 Å². The van der Waals surface area contributed by atoms with Gasteiger partial charge in [0.25, 0.3) is 5.91 Å². The highest BCUT2D eigenvalue weighted by Crippen LogP contribution is 2.29. The van der Waals surface area contributed by atoms with Crippen molar-refractivity contribution in [1.29, 1.82) is 0 Å². The SMILES string of the molecule is CC1CN(C(=O)c2cccc(F)c2Nc2ccc(F)cc2F)C1. The van der Waals surface area contributed by atoms with Gasteiger partial charge in [-0.25, -0.2) is 13.2 Å². The second-order valence-electron chi connectivity index (χ2n) is 5.73. The number of benzene rings is 2. The first kappa shape index (κ1) is 15.4. The second-order valence-corrected chi connectivity index (χ2v) is 5.73. The van der Waals surface area contributed by atoms with E-state index in [1.54, 1.807) is 4.90 Å². The van der Waals surface area contributed by atoms with Gasteiger partial charge in [-0.2, -0.15) is 0 Å². The molecule has 0 saturated carbocycles. The highest BCUT2D eigenvalue weighted by atomic mass is 19.1. The Morgan fingerprint density at radius 3 is 2.52 bits per heavy atom. The monoisotopic (exact) mass is 320 g/mol. The molecule has 0 unspecified atom stereocenters. The lowest BCUT2D eigenvalue weighted by atomic mass is 10.0. The van der Waals surface area contributed by atoms with Crippen LogP contribution in [0.1, 0.15) is 17.3 Å². The molecule has 1 heterocycles. The van der Waals surface area contributed by atoms with Gasteiger partial charge in [0.1, 0.15) is 17.5 Å². The highest BCUT2D eigenvalue weighted by Gasteiger charge is 2.30. The third kappa shape index (κ3) is 3.02. The van der Waals surface area contributed by atoms with E-state index >= 15 is 0 Å². The number of anilines is 2. The molecule has 120 valence electrons. The molecule has 1 amide bonds. The van der Waals surface area contributed by atoms with Gasteiger partial charge in [0, 0.05) is 19.2 Å². The number of rotatable bonds is 3. The maximum atomic E-state index is 14.1. The van der Waals surface area contributed by atoms with Crippen molar-refractivity contribution in [3.8, 4) is 0 Å². The molecule has 0 spiro atoms. The largest absolute Gasteiger partial charge is 0.350 e. The summed E-state index contributed by atoms with van der Waals surface area (Å²) in [6.07, 6.45) is 0. The number of carbonyl (C=O) groups excluding carboxylic acids is 1. The van der Waals surface area contributed by atoms with Crippen molar-refractivity contribution < 1.29 is 18.0 Å². The first-order chi connectivity index (χ1) is 11.0. The average molecular weight is 320 g/mol. The second kappa shape index (κ2) is 5.95. The van der Waals surface area contributed by atoms with E-state index in [4.69, 9.17) is 0 Å². The van der Waals surface area contributed by atoms with E-state index in [2.05, 4.69) is 5.32 Å². The summed E-state index contributed by atoms with van der Waals surface area (Å²) in [7, 11) is 0. The number of nitrogens with one attached hydrogen (secondary N) is 1. The van der Waals surface area contributed by atoms with E-state index in [9.17, 15) is 18.0 Å². The minimum atomic E-state index is -0.857. The van der Waals surface area contributed by atoms with Gasteiger partial charge in [0.05, 0.1) is 16.9 Å². The van der Waals surface area contributed by atoms with Gasteiger partial charge in [-0.15, -0.1) is 0 Å². The molecule has 0 aliphatic carbocycles. The molecule has 0 atom stereocenters. The summed E-state index contributed by atoms with van der Waals surface area (Å²) in [5.74, 6) is -2.16. The van der Waals surface area contributed by atoms with Crippen molar-refractivity contribution in [2.24, 2.45) is 5.92 Å². The molecular weight excluding hydrogens is 305 g/mol. The zero-order valence-electron chi connectivity index (χ0n) is 12.4. The Bertz CT molecular complexity index is 757. The summed E-state index contributed by atoms with van der Waals surface area (Å²) >= 11 is 0.